The fourth-order valence-corrected chi connectivity index (χ4v) is 4.97. The zero-order chi connectivity index (χ0) is 23.4. The largest absolute Gasteiger partial charge is 0.496 e. The van der Waals surface area contributed by atoms with Crippen LogP contribution in [0.5, 0.6) is 5.75 Å². The van der Waals surface area contributed by atoms with Crippen molar-refractivity contribution in [2.45, 2.75) is 77.8 Å². The van der Waals surface area contributed by atoms with E-state index in [0.717, 1.165) is 29.7 Å². The fourth-order valence-electron chi connectivity index (χ4n) is 4.97. The number of hydrogen-bond donors (Lipinski definition) is 1. The van der Waals surface area contributed by atoms with Crippen molar-refractivity contribution in [3.05, 3.63) is 51.9 Å². The Kier molecular flexibility index (Phi) is 7.16. The standard InChI is InChI=1S/C26H34N4O3/c1-4-29-18(2)20(15-16-24(31)27-19-11-7-5-6-8-12-19)26(32)30-25(29)17-22(28-30)21-13-9-10-14-23(21)33-3/h9-10,13-14,17,19H,4-8,11-12,15-16H2,1-3H3,(H,27,31). The van der Waals surface area contributed by atoms with Gasteiger partial charge in [-0.15, -0.1) is 0 Å². The van der Waals surface area contributed by atoms with Crippen LogP contribution in [0.15, 0.2) is 35.1 Å². The molecule has 0 radical (unpaired) electrons. The molecule has 7 nitrogen and oxygen atoms in total. The lowest BCUT2D eigenvalue weighted by molar-refractivity contribution is -0.121. The number of nitrogens with zero attached hydrogens (tertiary/aromatic N) is 3. The Bertz CT molecular complexity index is 1190. The number of methoxy groups -OCH3 is 1. The second-order valence-electron chi connectivity index (χ2n) is 8.87. The summed E-state index contributed by atoms with van der Waals surface area (Å²) in [5.41, 5.74) is 3.66. The van der Waals surface area contributed by atoms with E-state index in [1.165, 1.54) is 30.2 Å². The van der Waals surface area contributed by atoms with E-state index in [1.807, 2.05) is 37.3 Å². The van der Waals surface area contributed by atoms with E-state index in [1.54, 1.807) is 7.11 Å². The second kappa shape index (κ2) is 10.2. The van der Waals surface area contributed by atoms with E-state index in [-0.39, 0.29) is 17.5 Å². The number of aryl methyl sites for hydroxylation is 1. The summed E-state index contributed by atoms with van der Waals surface area (Å²) in [5, 5.41) is 7.82. The predicted molar refractivity (Wildman–Crippen MR) is 130 cm³/mol. The molecule has 7 heteroatoms. The molecule has 2 aromatic heterocycles. The molecule has 1 N–H and O–H groups in total. The molecular formula is C26H34N4O3. The summed E-state index contributed by atoms with van der Waals surface area (Å²) < 4.78 is 9.04. The Hall–Kier alpha value is -3.09. The Balaban J connectivity index is 1.62. The van der Waals surface area contributed by atoms with Crippen molar-refractivity contribution < 1.29 is 9.53 Å². The van der Waals surface area contributed by atoms with Gasteiger partial charge < -0.3 is 14.6 Å². The van der Waals surface area contributed by atoms with Crippen LogP contribution in [0.1, 0.15) is 63.1 Å². The van der Waals surface area contributed by atoms with Crippen LogP contribution in [0.25, 0.3) is 16.9 Å². The molecule has 3 aromatic rings. The molecule has 1 saturated carbocycles. The maximum atomic E-state index is 13.4. The minimum atomic E-state index is -0.157. The van der Waals surface area contributed by atoms with Crippen molar-refractivity contribution in [2.75, 3.05) is 7.11 Å². The molecule has 2 heterocycles. The lowest BCUT2D eigenvalue weighted by Gasteiger charge is -2.17. The Labute approximate surface area is 194 Å². The van der Waals surface area contributed by atoms with Crippen LogP contribution in [0, 0.1) is 6.92 Å². The topological polar surface area (TPSA) is 77.6 Å². The molecule has 1 aliphatic carbocycles. The number of hydrogen-bond acceptors (Lipinski definition) is 4. The normalized spacial score (nSPS) is 14.9. The van der Waals surface area contributed by atoms with E-state index in [9.17, 15) is 9.59 Å². The third-order valence-electron chi connectivity index (χ3n) is 6.78. The molecule has 1 fully saturated rings. The van der Waals surface area contributed by atoms with E-state index >= 15 is 0 Å². The van der Waals surface area contributed by atoms with E-state index in [4.69, 9.17) is 4.74 Å². The molecule has 4 rings (SSSR count). The van der Waals surface area contributed by atoms with Gasteiger partial charge in [0.2, 0.25) is 5.91 Å². The molecule has 176 valence electrons. The van der Waals surface area contributed by atoms with Crippen molar-refractivity contribution in [3.8, 4) is 17.0 Å². The minimum Gasteiger partial charge on any atom is -0.496 e. The van der Waals surface area contributed by atoms with Gasteiger partial charge in [-0.3, -0.25) is 9.59 Å². The first kappa shape index (κ1) is 23.1. The van der Waals surface area contributed by atoms with Crippen molar-refractivity contribution in [2.24, 2.45) is 0 Å². The number of fused-ring (bicyclic) bond motifs is 1. The van der Waals surface area contributed by atoms with Gasteiger partial charge in [-0.2, -0.15) is 9.61 Å². The minimum absolute atomic E-state index is 0.0269. The number of carbonyl (C=O) groups excluding carboxylic acids is 1. The van der Waals surface area contributed by atoms with Gasteiger partial charge in [-0.25, -0.2) is 0 Å². The predicted octanol–water partition coefficient (Wildman–Crippen LogP) is 4.27. The van der Waals surface area contributed by atoms with Gasteiger partial charge in [-0.1, -0.05) is 37.8 Å². The lowest BCUT2D eigenvalue weighted by Crippen LogP contribution is -2.35. The summed E-state index contributed by atoms with van der Waals surface area (Å²) in [6.07, 6.45) is 7.68. The number of carbonyl (C=O) groups is 1. The van der Waals surface area contributed by atoms with Crippen molar-refractivity contribution in [3.63, 3.8) is 0 Å². The summed E-state index contributed by atoms with van der Waals surface area (Å²) in [6, 6.07) is 9.86. The Morgan fingerprint density at radius 3 is 2.61 bits per heavy atom. The van der Waals surface area contributed by atoms with Crippen LogP contribution in [-0.2, 0) is 17.8 Å². The number of aromatic nitrogens is 3. The highest BCUT2D eigenvalue weighted by Crippen LogP contribution is 2.29. The number of rotatable bonds is 7. The lowest BCUT2D eigenvalue weighted by atomic mass is 10.1. The van der Waals surface area contributed by atoms with Crippen LogP contribution in [-0.4, -0.2) is 33.2 Å². The zero-order valence-electron chi connectivity index (χ0n) is 19.9. The third kappa shape index (κ3) is 4.82. The van der Waals surface area contributed by atoms with Crippen LogP contribution >= 0.6 is 0 Å². The summed E-state index contributed by atoms with van der Waals surface area (Å²) in [4.78, 5) is 26.0. The molecule has 0 atom stereocenters. The van der Waals surface area contributed by atoms with Crippen molar-refractivity contribution in [1.82, 2.24) is 19.5 Å². The quantitative estimate of drug-likeness (QED) is 0.545. The number of nitrogens with one attached hydrogen (secondary N) is 1. The number of amides is 1. The third-order valence-corrected chi connectivity index (χ3v) is 6.78. The van der Waals surface area contributed by atoms with Crippen LogP contribution < -0.4 is 15.6 Å². The molecule has 0 saturated heterocycles. The molecule has 0 spiro atoms. The molecule has 1 aliphatic rings. The van der Waals surface area contributed by atoms with Gasteiger partial charge in [0.05, 0.1) is 12.8 Å². The molecule has 0 unspecified atom stereocenters. The maximum absolute atomic E-state index is 13.4. The smallest absolute Gasteiger partial charge is 0.277 e. The first-order valence-electron chi connectivity index (χ1n) is 12.1. The first-order valence-corrected chi connectivity index (χ1v) is 12.1. The SMILES string of the molecule is CCn1c(C)c(CCC(=O)NC2CCCCCC2)c(=O)n2nc(-c3ccccc3OC)cc12. The Morgan fingerprint density at radius 2 is 1.91 bits per heavy atom. The summed E-state index contributed by atoms with van der Waals surface area (Å²) in [7, 11) is 1.63. The highest BCUT2D eigenvalue weighted by Gasteiger charge is 2.20. The number of benzene rings is 1. The monoisotopic (exact) mass is 450 g/mol. The Morgan fingerprint density at radius 1 is 1.18 bits per heavy atom. The number of ether oxygens (including phenoxy) is 1. The summed E-state index contributed by atoms with van der Waals surface area (Å²) >= 11 is 0. The van der Waals surface area contributed by atoms with E-state index < -0.39 is 0 Å². The van der Waals surface area contributed by atoms with E-state index in [0.29, 0.717) is 36.4 Å². The van der Waals surface area contributed by atoms with Gasteiger partial charge in [-0.05, 0) is 45.2 Å². The average molecular weight is 451 g/mol. The average Bonchev–Trinajstić information content (AvgIpc) is 3.10. The van der Waals surface area contributed by atoms with Gasteiger partial charge in [0.25, 0.3) is 5.56 Å². The molecule has 1 aromatic carbocycles. The summed E-state index contributed by atoms with van der Waals surface area (Å²) in [5.74, 6) is 0.738. The van der Waals surface area contributed by atoms with Crippen molar-refractivity contribution in [1.29, 1.82) is 0 Å². The second-order valence-corrected chi connectivity index (χ2v) is 8.87. The zero-order valence-corrected chi connectivity index (χ0v) is 19.9. The molecular weight excluding hydrogens is 416 g/mol. The van der Waals surface area contributed by atoms with Gasteiger partial charge in [0.15, 0.2) is 0 Å². The highest BCUT2D eigenvalue weighted by molar-refractivity contribution is 5.76. The summed E-state index contributed by atoms with van der Waals surface area (Å²) in [6.45, 7) is 4.71. The molecule has 0 bridgehead atoms. The van der Waals surface area contributed by atoms with Crippen molar-refractivity contribution >= 4 is 11.6 Å². The van der Waals surface area contributed by atoms with Crippen LogP contribution in [0.3, 0.4) is 0 Å². The first-order chi connectivity index (χ1) is 16.0. The van der Waals surface area contributed by atoms with Crippen LogP contribution in [0.4, 0.5) is 0 Å². The fraction of sp³-hybridized carbons (Fsp3) is 0.500. The highest BCUT2D eigenvalue weighted by atomic mass is 16.5. The molecule has 33 heavy (non-hydrogen) atoms. The van der Waals surface area contributed by atoms with Gasteiger partial charge in [0, 0.05) is 41.9 Å². The van der Waals surface area contributed by atoms with E-state index in [2.05, 4.69) is 21.9 Å². The maximum Gasteiger partial charge on any atom is 0.277 e. The van der Waals surface area contributed by atoms with Gasteiger partial charge in [0.1, 0.15) is 11.4 Å². The van der Waals surface area contributed by atoms with Gasteiger partial charge >= 0.3 is 0 Å². The van der Waals surface area contributed by atoms with Crippen LogP contribution in [0.2, 0.25) is 0 Å². The number of para-hydroxylation sites is 1. The molecule has 0 aliphatic heterocycles. The molecule has 1 amide bonds.